The first-order valence-corrected chi connectivity index (χ1v) is 14.9. The molecule has 1 saturated heterocycles. The van der Waals surface area contributed by atoms with Crippen LogP contribution in [-0.2, 0) is 34.3 Å². The number of imide groups is 1. The number of halogens is 1. The van der Waals surface area contributed by atoms with E-state index in [1.165, 1.54) is 25.1 Å². The SMILES string of the molecule is CN1C(N(C(=O)OC(C)(C)C)C(=O)OC(C)(C)C)=N[C@](C)(c2cc(B3OC(C)(C)C(C)(C)O3)ccc2F)CS1(=O)=O. The van der Waals surface area contributed by atoms with Crippen molar-refractivity contribution in [2.75, 3.05) is 12.8 Å². The van der Waals surface area contributed by atoms with E-state index in [4.69, 9.17) is 18.8 Å². The zero-order valence-electron chi connectivity index (χ0n) is 25.9. The van der Waals surface area contributed by atoms with E-state index in [1.54, 1.807) is 41.5 Å². The molecule has 1 atom stereocenters. The summed E-state index contributed by atoms with van der Waals surface area (Å²) in [6.45, 7) is 18.4. The third-order valence-electron chi connectivity index (χ3n) is 6.96. The number of carbonyl (C=O) groups excluding carboxylic acids is 2. The van der Waals surface area contributed by atoms with Gasteiger partial charge in [-0.2, -0.15) is 0 Å². The standard InChI is InChI=1S/C27H41BFN3O8S/c1-23(2,3)37-21(33)32(22(34)38-24(4,5)6)20-30-27(11,16-41(35,36)31(20)12)18-15-17(13-14-19(18)29)28-39-25(7,8)26(9,10)40-28/h13-15H,16H2,1-12H3/t27-/m0/s1. The van der Waals surface area contributed by atoms with Crippen molar-refractivity contribution in [2.24, 2.45) is 4.99 Å². The summed E-state index contributed by atoms with van der Waals surface area (Å²) in [6, 6.07) is 4.11. The van der Waals surface area contributed by atoms with E-state index in [0.717, 1.165) is 7.05 Å². The van der Waals surface area contributed by atoms with Gasteiger partial charge in [-0.3, -0.25) is 0 Å². The van der Waals surface area contributed by atoms with Gasteiger partial charge in [0.05, 0.1) is 17.0 Å². The summed E-state index contributed by atoms with van der Waals surface area (Å²) in [5.74, 6) is -1.99. The van der Waals surface area contributed by atoms with Gasteiger partial charge in [0.25, 0.3) is 0 Å². The first-order chi connectivity index (χ1) is 18.3. The Morgan fingerprint density at radius 2 is 1.44 bits per heavy atom. The largest absolute Gasteiger partial charge is 0.494 e. The maximum atomic E-state index is 15.5. The number of hydrogen-bond donors (Lipinski definition) is 0. The lowest BCUT2D eigenvalue weighted by Crippen LogP contribution is -2.58. The third kappa shape index (κ3) is 6.86. The van der Waals surface area contributed by atoms with Crippen LogP contribution in [0.4, 0.5) is 14.0 Å². The smallest absolute Gasteiger partial charge is 0.443 e. The molecule has 0 aromatic heterocycles. The maximum Gasteiger partial charge on any atom is 0.494 e. The molecule has 228 valence electrons. The van der Waals surface area contributed by atoms with Crippen molar-refractivity contribution in [3.63, 3.8) is 0 Å². The molecule has 0 radical (unpaired) electrons. The van der Waals surface area contributed by atoms with E-state index in [2.05, 4.69) is 4.99 Å². The van der Waals surface area contributed by atoms with Gasteiger partial charge >= 0.3 is 19.3 Å². The highest BCUT2D eigenvalue weighted by molar-refractivity contribution is 7.89. The van der Waals surface area contributed by atoms with Crippen LogP contribution in [0.3, 0.4) is 0 Å². The van der Waals surface area contributed by atoms with Crippen molar-refractivity contribution in [1.82, 2.24) is 9.21 Å². The molecule has 2 aliphatic rings. The lowest BCUT2D eigenvalue weighted by atomic mass is 9.76. The molecule has 14 heteroatoms. The molecule has 2 amide bonds. The molecule has 1 aromatic carbocycles. The highest BCUT2D eigenvalue weighted by Gasteiger charge is 2.53. The molecule has 1 fully saturated rings. The summed E-state index contributed by atoms with van der Waals surface area (Å²) in [6.07, 6.45) is -2.41. The van der Waals surface area contributed by atoms with Crippen LogP contribution < -0.4 is 5.46 Å². The second-order valence-corrected chi connectivity index (χ2v) is 15.5. The van der Waals surface area contributed by atoms with Gasteiger partial charge in [-0.1, -0.05) is 12.1 Å². The quantitative estimate of drug-likeness (QED) is 0.466. The van der Waals surface area contributed by atoms with E-state index in [1.807, 2.05) is 27.7 Å². The molecule has 1 aromatic rings. The van der Waals surface area contributed by atoms with Gasteiger partial charge in [0.2, 0.25) is 16.0 Å². The van der Waals surface area contributed by atoms with Crippen molar-refractivity contribution in [2.45, 2.75) is 104 Å². The van der Waals surface area contributed by atoms with Crippen molar-refractivity contribution in [3.8, 4) is 0 Å². The minimum Gasteiger partial charge on any atom is -0.443 e. The number of nitrogens with zero attached hydrogens (tertiary/aromatic N) is 3. The second-order valence-electron chi connectivity index (χ2n) is 13.5. The van der Waals surface area contributed by atoms with E-state index in [-0.39, 0.29) is 5.56 Å². The highest BCUT2D eigenvalue weighted by atomic mass is 32.2. The molecule has 41 heavy (non-hydrogen) atoms. The fourth-order valence-corrected chi connectivity index (χ4v) is 5.66. The molecule has 0 aliphatic carbocycles. The normalized spacial score (nSPS) is 23.6. The number of ether oxygens (including phenoxy) is 2. The van der Waals surface area contributed by atoms with Crippen LogP contribution in [0.25, 0.3) is 0 Å². The number of carbonyl (C=O) groups is 2. The van der Waals surface area contributed by atoms with E-state index in [0.29, 0.717) is 14.7 Å². The van der Waals surface area contributed by atoms with Crippen molar-refractivity contribution in [1.29, 1.82) is 0 Å². The topological polar surface area (TPSA) is 124 Å². The Morgan fingerprint density at radius 3 is 1.88 bits per heavy atom. The Morgan fingerprint density at radius 1 is 0.976 bits per heavy atom. The van der Waals surface area contributed by atoms with Crippen LogP contribution in [0.5, 0.6) is 0 Å². The Hall–Kier alpha value is -2.71. The van der Waals surface area contributed by atoms with Crippen LogP contribution >= 0.6 is 0 Å². The number of aliphatic imine (C=N–C) groups is 1. The Bertz CT molecular complexity index is 1320. The van der Waals surface area contributed by atoms with E-state index in [9.17, 15) is 18.0 Å². The summed E-state index contributed by atoms with van der Waals surface area (Å²) in [5.41, 5.74) is -4.84. The van der Waals surface area contributed by atoms with E-state index < -0.39 is 74.8 Å². The maximum absolute atomic E-state index is 15.5. The third-order valence-corrected chi connectivity index (χ3v) is 8.88. The molecule has 2 aliphatic heterocycles. The summed E-state index contributed by atoms with van der Waals surface area (Å²) in [5, 5.41) is 0. The number of rotatable bonds is 2. The zero-order valence-corrected chi connectivity index (χ0v) is 26.7. The number of guanidine groups is 1. The fraction of sp³-hybridized carbons (Fsp3) is 0.667. The monoisotopic (exact) mass is 597 g/mol. The van der Waals surface area contributed by atoms with E-state index >= 15 is 4.39 Å². The predicted molar refractivity (Wildman–Crippen MR) is 153 cm³/mol. The minimum absolute atomic E-state index is 0.0905. The van der Waals surface area contributed by atoms with Crippen LogP contribution in [0, 0.1) is 5.82 Å². The van der Waals surface area contributed by atoms with Gasteiger partial charge in [0.15, 0.2) is 0 Å². The van der Waals surface area contributed by atoms with Crippen molar-refractivity contribution >= 4 is 40.8 Å². The minimum atomic E-state index is -4.24. The zero-order chi connectivity index (χ0) is 31.6. The number of amides is 2. The van der Waals surface area contributed by atoms with Gasteiger partial charge in [-0.25, -0.2) is 31.7 Å². The average molecular weight is 598 g/mol. The summed E-state index contributed by atoms with van der Waals surface area (Å²) in [7, 11) is -3.94. The first-order valence-electron chi connectivity index (χ1n) is 13.3. The Labute approximate surface area is 242 Å². The molecule has 0 spiro atoms. The lowest BCUT2D eigenvalue weighted by Gasteiger charge is -2.39. The van der Waals surface area contributed by atoms with Crippen LogP contribution in [0.1, 0.15) is 81.7 Å². The summed E-state index contributed by atoms with van der Waals surface area (Å²) >= 11 is 0. The lowest BCUT2D eigenvalue weighted by molar-refractivity contribution is 0.00578. The first kappa shape index (κ1) is 32.8. The summed E-state index contributed by atoms with van der Waals surface area (Å²) in [4.78, 5) is 31.5. The molecule has 0 unspecified atom stereocenters. The molecule has 3 rings (SSSR count). The van der Waals surface area contributed by atoms with Gasteiger partial charge < -0.3 is 18.8 Å². The van der Waals surface area contributed by atoms with Gasteiger partial charge in [0.1, 0.15) is 22.6 Å². The van der Waals surface area contributed by atoms with Crippen LogP contribution in [0.15, 0.2) is 23.2 Å². The number of benzene rings is 1. The number of hydrogen-bond acceptors (Lipinski definition) is 9. The molecule has 2 heterocycles. The number of sulfonamides is 1. The molecular formula is C27H41BFN3O8S. The van der Waals surface area contributed by atoms with Gasteiger partial charge in [-0.05, 0) is 87.7 Å². The molecule has 0 bridgehead atoms. The molecule has 0 N–H and O–H groups in total. The van der Waals surface area contributed by atoms with Crippen LogP contribution in [0.2, 0.25) is 0 Å². The summed E-state index contributed by atoms with van der Waals surface area (Å²) < 4.78 is 66.1. The van der Waals surface area contributed by atoms with Crippen molar-refractivity contribution < 1.29 is 41.2 Å². The molecule has 0 saturated carbocycles. The second kappa shape index (κ2) is 10.2. The highest BCUT2D eigenvalue weighted by Crippen LogP contribution is 2.38. The van der Waals surface area contributed by atoms with Crippen LogP contribution in [-0.4, -0.2) is 78.1 Å². The Balaban J connectivity index is 2.19. The molecule has 11 nitrogen and oxygen atoms in total. The average Bonchev–Trinajstić information content (AvgIpc) is 2.96. The fourth-order valence-electron chi connectivity index (χ4n) is 4.16. The van der Waals surface area contributed by atoms with Gasteiger partial charge in [-0.15, -0.1) is 4.90 Å². The Kier molecular flexibility index (Phi) is 8.19. The van der Waals surface area contributed by atoms with Crippen molar-refractivity contribution in [3.05, 3.63) is 29.6 Å². The predicted octanol–water partition coefficient (Wildman–Crippen LogP) is 4.14. The van der Waals surface area contributed by atoms with Gasteiger partial charge in [0, 0.05) is 12.6 Å². The molecular weight excluding hydrogens is 556 g/mol.